The van der Waals surface area contributed by atoms with Crippen molar-refractivity contribution in [3.63, 3.8) is 0 Å². The van der Waals surface area contributed by atoms with Crippen LogP contribution in [-0.4, -0.2) is 30.8 Å². The number of anilines is 4. The number of alkyl halides is 2. The van der Waals surface area contributed by atoms with Crippen molar-refractivity contribution in [1.82, 2.24) is 10.3 Å². The summed E-state index contributed by atoms with van der Waals surface area (Å²) in [6.45, 7) is 0. The summed E-state index contributed by atoms with van der Waals surface area (Å²) in [6, 6.07) is 10.5. The fraction of sp³-hybridized carbons (Fsp3) is 0.200. The van der Waals surface area contributed by atoms with Crippen molar-refractivity contribution in [2.45, 2.75) is 24.9 Å². The van der Waals surface area contributed by atoms with Crippen LogP contribution in [0, 0.1) is 5.82 Å². The van der Waals surface area contributed by atoms with Gasteiger partial charge in [-0.05, 0) is 36.4 Å². The molecule has 2 aliphatic rings. The molecule has 0 aromatic heterocycles. The number of hydrazine groups is 2. The molecule has 0 bridgehead atoms. The molecule has 0 saturated carbocycles. The fourth-order valence-corrected chi connectivity index (χ4v) is 5.13. The number of carbonyl (C=O) groups excluding carboxylic acids is 2. The second kappa shape index (κ2) is 9.49. The van der Waals surface area contributed by atoms with Crippen molar-refractivity contribution < 1.29 is 22.8 Å². The number of amides is 2. The highest BCUT2D eigenvalue weighted by Gasteiger charge is 2.44. The highest BCUT2D eigenvalue weighted by molar-refractivity contribution is 6.30. The number of benzene rings is 3. The number of nitrogens with zero attached hydrogens (tertiary/aromatic N) is 2. The van der Waals surface area contributed by atoms with Crippen LogP contribution in [-0.2, 0) is 4.79 Å². The second-order valence-electron chi connectivity index (χ2n) is 8.71. The molecular weight excluding hydrogens is 509 g/mol. The van der Waals surface area contributed by atoms with Gasteiger partial charge in [-0.1, -0.05) is 23.7 Å². The zero-order chi connectivity index (χ0) is 26.4. The third-order valence-electron chi connectivity index (χ3n) is 6.58. The van der Waals surface area contributed by atoms with E-state index in [1.165, 1.54) is 29.4 Å². The SMILES string of the molecule is CN1C(CC(F)F)c2c(cc3c(c2NC=O)C(c2cc(Cl)ccc2F)NC3=O)N1Nc1ccccc1N. The summed E-state index contributed by atoms with van der Waals surface area (Å²) in [7, 11) is 1.60. The van der Waals surface area contributed by atoms with Crippen LogP contribution < -0.4 is 26.9 Å². The standard InChI is InChI=1S/C25H22ClF3N6O2/c1-34-18(10-20(28)29)22-19(35(34)33-17-5-3-2-4-16(17)30)9-14-21(24(22)31-11-36)23(32-25(14)37)13-8-12(26)6-7-15(13)27/h2-9,11,18,20,23,33H,10,30H2,1H3,(H,31,36)(H,32,37). The third-order valence-corrected chi connectivity index (χ3v) is 6.82. The number of rotatable bonds is 7. The van der Waals surface area contributed by atoms with Crippen LogP contribution in [0.4, 0.5) is 35.9 Å². The van der Waals surface area contributed by atoms with Gasteiger partial charge in [-0.15, -0.1) is 0 Å². The Labute approximate surface area is 215 Å². The lowest BCUT2D eigenvalue weighted by Crippen LogP contribution is -2.41. The minimum atomic E-state index is -2.68. The average Bonchev–Trinajstić information content (AvgIpc) is 3.31. The van der Waals surface area contributed by atoms with Crippen LogP contribution in [0.5, 0.6) is 0 Å². The van der Waals surface area contributed by atoms with Crippen molar-refractivity contribution in [3.8, 4) is 0 Å². The first-order chi connectivity index (χ1) is 17.7. The summed E-state index contributed by atoms with van der Waals surface area (Å²) in [5.41, 5.74) is 11.5. The summed E-state index contributed by atoms with van der Waals surface area (Å²) in [5.74, 6) is -1.14. The molecular formula is C25H22ClF3N6O2. The van der Waals surface area contributed by atoms with Gasteiger partial charge in [0.15, 0.2) is 0 Å². The van der Waals surface area contributed by atoms with E-state index in [1.807, 2.05) is 0 Å². The van der Waals surface area contributed by atoms with Gasteiger partial charge >= 0.3 is 0 Å². The van der Waals surface area contributed by atoms with Crippen LogP contribution in [0.3, 0.4) is 0 Å². The predicted octanol–water partition coefficient (Wildman–Crippen LogP) is 4.85. The van der Waals surface area contributed by atoms with Crippen molar-refractivity contribution in [2.75, 3.05) is 28.6 Å². The monoisotopic (exact) mass is 530 g/mol. The Morgan fingerprint density at radius 3 is 2.65 bits per heavy atom. The first-order valence-corrected chi connectivity index (χ1v) is 11.7. The molecule has 0 spiro atoms. The highest BCUT2D eigenvalue weighted by atomic mass is 35.5. The summed E-state index contributed by atoms with van der Waals surface area (Å²) in [6.07, 6.45) is -2.86. The maximum atomic E-state index is 14.8. The Kier molecular flexibility index (Phi) is 6.34. The fourth-order valence-electron chi connectivity index (χ4n) is 4.95. The highest BCUT2D eigenvalue weighted by Crippen LogP contribution is 2.51. The van der Waals surface area contributed by atoms with Crippen molar-refractivity contribution in [3.05, 3.63) is 81.6 Å². The number of nitrogen functional groups attached to an aromatic ring is 1. The largest absolute Gasteiger partial charge is 0.397 e. The molecule has 2 amide bonds. The van der Waals surface area contributed by atoms with Gasteiger partial charge in [-0.2, -0.15) is 5.01 Å². The molecule has 2 heterocycles. The minimum absolute atomic E-state index is 0.0808. The van der Waals surface area contributed by atoms with E-state index in [0.29, 0.717) is 29.0 Å². The van der Waals surface area contributed by atoms with Crippen LogP contribution in [0.25, 0.3) is 0 Å². The van der Waals surface area contributed by atoms with Crippen LogP contribution in [0.15, 0.2) is 48.5 Å². The third kappa shape index (κ3) is 4.19. The van der Waals surface area contributed by atoms with Crippen molar-refractivity contribution in [1.29, 1.82) is 0 Å². The second-order valence-corrected chi connectivity index (χ2v) is 9.14. The molecule has 0 fully saturated rings. The van der Waals surface area contributed by atoms with Crippen LogP contribution in [0.1, 0.15) is 45.6 Å². The Bertz CT molecular complexity index is 1410. The Morgan fingerprint density at radius 1 is 1.19 bits per heavy atom. The number of nitrogens with one attached hydrogen (secondary N) is 3. The molecule has 2 aliphatic heterocycles. The van der Waals surface area contributed by atoms with E-state index >= 15 is 0 Å². The average molecular weight is 531 g/mol. The Hall–Kier alpha value is -3.96. The topological polar surface area (TPSA) is 103 Å². The summed E-state index contributed by atoms with van der Waals surface area (Å²) < 4.78 is 42.4. The van der Waals surface area contributed by atoms with E-state index in [0.717, 1.165) is 0 Å². The molecule has 3 aromatic rings. The normalized spacial score (nSPS) is 18.5. The number of para-hydroxylation sites is 2. The van der Waals surface area contributed by atoms with Crippen LogP contribution in [0.2, 0.25) is 5.02 Å². The van der Waals surface area contributed by atoms with Gasteiger partial charge in [0, 0.05) is 40.7 Å². The van der Waals surface area contributed by atoms with E-state index in [4.69, 9.17) is 17.3 Å². The summed E-state index contributed by atoms with van der Waals surface area (Å²) >= 11 is 6.10. The molecule has 0 saturated heterocycles. The van der Waals surface area contributed by atoms with E-state index in [1.54, 1.807) is 36.3 Å². The van der Waals surface area contributed by atoms with E-state index < -0.39 is 36.7 Å². The molecule has 8 nitrogen and oxygen atoms in total. The van der Waals surface area contributed by atoms with Gasteiger partial charge in [0.2, 0.25) is 12.8 Å². The van der Waals surface area contributed by atoms with Gasteiger partial charge in [-0.3, -0.25) is 15.0 Å². The van der Waals surface area contributed by atoms with Gasteiger partial charge in [0.25, 0.3) is 5.91 Å². The zero-order valence-electron chi connectivity index (χ0n) is 19.4. The minimum Gasteiger partial charge on any atom is -0.397 e. The van der Waals surface area contributed by atoms with Crippen molar-refractivity contribution >= 4 is 46.7 Å². The lowest BCUT2D eigenvalue weighted by Gasteiger charge is -2.31. The lowest BCUT2D eigenvalue weighted by molar-refractivity contribution is -0.105. The van der Waals surface area contributed by atoms with Gasteiger partial charge in [0.05, 0.1) is 34.8 Å². The Balaban J connectivity index is 1.73. The first-order valence-electron chi connectivity index (χ1n) is 11.3. The molecule has 0 radical (unpaired) electrons. The lowest BCUT2D eigenvalue weighted by atomic mass is 9.90. The number of hydrogen-bond donors (Lipinski definition) is 4. The van der Waals surface area contributed by atoms with E-state index in [-0.39, 0.29) is 27.4 Å². The number of carbonyl (C=O) groups is 2. The van der Waals surface area contributed by atoms with Crippen LogP contribution >= 0.6 is 11.6 Å². The quantitative estimate of drug-likeness (QED) is 0.257. The first kappa shape index (κ1) is 24.7. The molecule has 2 unspecified atom stereocenters. The van der Waals surface area contributed by atoms with Gasteiger partial charge in [0.1, 0.15) is 5.82 Å². The predicted molar refractivity (Wildman–Crippen MR) is 135 cm³/mol. The molecule has 12 heteroatoms. The Morgan fingerprint density at radius 2 is 1.95 bits per heavy atom. The molecule has 3 aromatic carbocycles. The summed E-state index contributed by atoms with van der Waals surface area (Å²) in [5, 5.41) is 8.63. The van der Waals surface area contributed by atoms with E-state index in [9.17, 15) is 22.8 Å². The molecule has 5 rings (SSSR count). The molecule has 5 N–H and O–H groups in total. The molecule has 37 heavy (non-hydrogen) atoms. The number of fused-ring (bicyclic) bond motifs is 2. The van der Waals surface area contributed by atoms with E-state index in [2.05, 4.69) is 16.1 Å². The zero-order valence-corrected chi connectivity index (χ0v) is 20.2. The maximum Gasteiger partial charge on any atom is 0.252 e. The maximum absolute atomic E-state index is 14.8. The number of halogens is 4. The summed E-state index contributed by atoms with van der Waals surface area (Å²) in [4.78, 5) is 24.8. The van der Waals surface area contributed by atoms with Crippen molar-refractivity contribution in [2.24, 2.45) is 0 Å². The molecule has 0 aliphatic carbocycles. The number of hydrogen-bond acceptors (Lipinski definition) is 6. The molecule has 192 valence electrons. The van der Waals surface area contributed by atoms with Gasteiger partial charge in [-0.25, -0.2) is 18.3 Å². The smallest absolute Gasteiger partial charge is 0.252 e. The van der Waals surface area contributed by atoms with Gasteiger partial charge < -0.3 is 16.4 Å². The molecule has 2 atom stereocenters. The number of nitrogens with two attached hydrogens (primary N) is 1.